The molecule has 2 bridgehead atoms. The summed E-state index contributed by atoms with van der Waals surface area (Å²) in [5.41, 5.74) is -5.36. The van der Waals surface area contributed by atoms with Gasteiger partial charge in [0.05, 0.1) is 0 Å². The maximum atomic E-state index is 14.7. The van der Waals surface area contributed by atoms with Gasteiger partial charge in [-0.1, -0.05) is 20.8 Å². The lowest BCUT2D eigenvalue weighted by molar-refractivity contribution is -0.156. The number of hydrogen-bond donors (Lipinski definition) is 0. The summed E-state index contributed by atoms with van der Waals surface area (Å²) in [5, 5.41) is 0. The van der Waals surface area contributed by atoms with Gasteiger partial charge in [0.15, 0.2) is 0 Å². The highest BCUT2D eigenvalue weighted by molar-refractivity contribution is 5.12. The Hall–Kier alpha value is -0.210. The van der Waals surface area contributed by atoms with Gasteiger partial charge in [0, 0.05) is 19.3 Å². The first kappa shape index (κ1) is 13.2. The monoisotopic (exact) mass is 248 g/mol. The first-order valence-corrected chi connectivity index (χ1v) is 6.55. The van der Waals surface area contributed by atoms with Gasteiger partial charge in [-0.05, 0) is 31.1 Å². The minimum atomic E-state index is -1.69. The smallest absolute Gasteiger partial charge is 0.117 e. The molecule has 3 heteroatoms. The van der Waals surface area contributed by atoms with Crippen LogP contribution in [0.15, 0.2) is 0 Å². The Bertz CT molecular complexity index is 293. The van der Waals surface area contributed by atoms with Gasteiger partial charge in [0.25, 0.3) is 0 Å². The zero-order chi connectivity index (χ0) is 13.1. The molecule has 0 radical (unpaired) electrons. The number of rotatable bonds is 1. The van der Waals surface area contributed by atoms with Crippen LogP contribution in [0.1, 0.15) is 59.8 Å². The lowest BCUT2D eigenvalue weighted by Crippen LogP contribution is -2.58. The second-order valence-corrected chi connectivity index (χ2v) is 7.41. The summed E-state index contributed by atoms with van der Waals surface area (Å²) in [4.78, 5) is 0. The van der Waals surface area contributed by atoms with E-state index in [2.05, 4.69) is 0 Å². The van der Waals surface area contributed by atoms with Crippen LogP contribution in [0.2, 0.25) is 0 Å². The summed E-state index contributed by atoms with van der Waals surface area (Å²) < 4.78 is 43.5. The summed E-state index contributed by atoms with van der Waals surface area (Å²) in [6.07, 6.45) is 0.190. The highest BCUT2D eigenvalue weighted by Crippen LogP contribution is 2.61. The topological polar surface area (TPSA) is 0 Å². The van der Waals surface area contributed by atoms with E-state index in [0.717, 1.165) is 0 Å². The Morgan fingerprint density at radius 2 is 1.18 bits per heavy atom. The molecule has 2 unspecified atom stereocenters. The average Bonchev–Trinajstić information content (AvgIpc) is 1.92. The fourth-order valence-electron chi connectivity index (χ4n) is 4.24. The van der Waals surface area contributed by atoms with Crippen LogP contribution in [-0.4, -0.2) is 17.0 Å². The van der Waals surface area contributed by atoms with E-state index in [1.807, 2.05) is 20.8 Å². The molecule has 2 aliphatic rings. The molecule has 2 saturated carbocycles. The third kappa shape index (κ3) is 2.34. The van der Waals surface area contributed by atoms with Crippen molar-refractivity contribution in [2.45, 2.75) is 76.8 Å². The maximum absolute atomic E-state index is 14.7. The Balaban J connectivity index is 2.34. The van der Waals surface area contributed by atoms with Crippen LogP contribution in [0.25, 0.3) is 0 Å². The van der Waals surface area contributed by atoms with Crippen molar-refractivity contribution < 1.29 is 13.2 Å². The van der Waals surface area contributed by atoms with Crippen LogP contribution < -0.4 is 0 Å². The van der Waals surface area contributed by atoms with Crippen LogP contribution in [0, 0.1) is 11.3 Å². The Kier molecular flexibility index (Phi) is 2.66. The van der Waals surface area contributed by atoms with Crippen molar-refractivity contribution in [2.24, 2.45) is 11.3 Å². The van der Waals surface area contributed by atoms with Gasteiger partial charge in [0.1, 0.15) is 17.0 Å². The first-order chi connectivity index (χ1) is 7.48. The minimum Gasteiger partial charge on any atom is -0.244 e. The standard InChI is InChI=1S/C14H23F3/c1-10(2)11(3)5-13(16)7-12(4,15)8-14(17,6-11)9-13/h10H,5-9H2,1-4H3. The SMILES string of the molecule is CC(C)C1(C)CC2(F)CC(C)(F)CC(F)(C2)C1. The second kappa shape index (κ2) is 3.42. The molecule has 100 valence electrons. The molecule has 0 spiro atoms. The number of fused-ring (bicyclic) bond motifs is 2. The average molecular weight is 248 g/mol. The van der Waals surface area contributed by atoms with Gasteiger partial charge in [-0.3, -0.25) is 0 Å². The van der Waals surface area contributed by atoms with E-state index in [1.54, 1.807) is 0 Å². The van der Waals surface area contributed by atoms with Crippen molar-refractivity contribution in [1.82, 2.24) is 0 Å². The summed E-state index contributed by atoms with van der Waals surface area (Å²) in [6.45, 7) is 7.29. The zero-order valence-corrected chi connectivity index (χ0v) is 11.2. The molecule has 0 amide bonds. The van der Waals surface area contributed by atoms with Crippen molar-refractivity contribution in [3.05, 3.63) is 0 Å². The van der Waals surface area contributed by atoms with E-state index in [9.17, 15) is 13.2 Å². The third-order valence-electron chi connectivity index (χ3n) is 4.84. The summed E-state index contributed by atoms with van der Waals surface area (Å²) in [5.74, 6) is 0.219. The Labute approximate surface area is 102 Å². The molecule has 0 heterocycles. The molecule has 2 rings (SSSR count). The summed E-state index contributed by atoms with van der Waals surface area (Å²) in [6, 6.07) is 0. The maximum Gasteiger partial charge on any atom is 0.117 e. The van der Waals surface area contributed by atoms with Gasteiger partial charge in [-0.25, -0.2) is 13.2 Å². The lowest BCUT2D eigenvalue weighted by Gasteiger charge is -2.56. The second-order valence-electron chi connectivity index (χ2n) is 7.41. The van der Waals surface area contributed by atoms with Crippen LogP contribution in [0.3, 0.4) is 0 Å². The van der Waals surface area contributed by atoms with Crippen LogP contribution >= 0.6 is 0 Å². The van der Waals surface area contributed by atoms with Gasteiger partial charge in [0.2, 0.25) is 0 Å². The Morgan fingerprint density at radius 3 is 1.53 bits per heavy atom. The molecule has 0 aromatic heterocycles. The van der Waals surface area contributed by atoms with Crippen LogP contribution in [0.5, 0.6) is 0 Å². The molecular formula is C14H23F3. The molecule has 0 N–H and O–H groups in total. The molecule has 0 aromatic carbocycles. The van der Waals surface area contributed by atoms with Gasteiger partial charge >= 0.3 is 0 Å². The normalized spacial score (nSPS) is 55.1. The molecule has 17 heavy (non-hydrogen) atoms. The predicted octanol–water partition coefficient (Wildman–Crippen LogP) is 4.77. The highest BCUT2D eigenvalue weighted by atomic mass is 19.2. The summed E-state index contributed by atoms with van der Waals surface area (Å²) >= 11 is 0. The number of hydrogen-bond acceptors (Lipinski definition) is 0. The predicted molar refractivity (Wildman–Crippen MR) is 63.2 cm³/mol. The van der Waals surface area contributed by atoms with E-state index >= 15 is 0 Å². The highest BCUT2D eigenvalue weighted by Gasteiger charge is 2.62. The Morgan fingerprint density at radius 1 is 0.765 bits per heavy atom. The molecular weight excluding hydrogens is 225 g/mol. The van der Waals surface area contributed by atoms with E-state index in [0.29, 0.717) is 12.8 Å². The summed E-state index contributed by atoms with van der Waals surface area (Å²) in [7, 11) is 0. The molecule has 0 aliphatic heterocycles. The largest absolute Gasteiger partial charge is 0.244 e. The third-order valence-corrected chi connectivity index (χ3v) is 4.84. The quantitative estimate of drug-likeness (QED) is 0.627. The van der Waals surface area contributed by atoms with Gasteiger partial charge in [-0.2, -0.15) is 0 Å². The van der Waals surface area contributed by atoms with Crippen molar-refractivity contribution in [2.75, 3.05) is 0 Å². The van der Waals surface area contributed by atoms with E-state index in [4.69, 9.17) is 0 Å². The van der Waals surface area contributed by atoms with Gasteiger partial charge < -0.3 is 0 Å². The molecule has 2 aliphatic carbocycles. The first-order valence-electron chi connectivity index (χ1n) is 6.55. The lowest BCUT2D eigenvalue weighted by atomic mass is 9.53. The van der Waals surface area contributed by atoms with E-state index < -0.39 is 17.0 Å². The van der Waals surface area contributed by atoms with E-state index in [1.165, 1.54) is 6.92 Å². The number of halogens is 3. The van der Waals surface area contributed by atoms with Crippen molar-refractivity contribution in [3.8, 4) is 0 Å². The zero-order valence-electron chi connectivity index (χ0n) is 11.2. The molecule has 0 saturated heterocycles. The van der Waals surface area contributed by atoms with Crippen molar-refractivity contribution >= 4 is 0 Å². The minimum absolute atomic E-state index is 0.109. The van der Waals surface area contributed by atoms with Crippen LogP contribution in [0.4, 0.5) is 13.2 Å². The van der Waals surface area contributed by atoms with E-state index in [-0.39, 0.29) is 30.6 Å². The fraction of sp³-hybridized carbons (Fsp3) is 1.00. The molecule has 0 nitrogen and oxygen atoms in total. The molecule has 2 fully saturated rings. The molecule has 0 aromatic rings. The van der Waals surface area contributed by atoms with Crippen molar-refractivity contribution in [1.29, 1.82) is 0 Å². The fourth-order valence-corrected chi connectivity index (χ4v) is 4.24. The molecule has 2 atom stereocenters. The van der Waals surface area contributed by atoms with Crippen LogP contribution in [-0.2, 0) is 0 Å². The van der Waals surface area contributed by atoms with Crippen molar-refractivity contribution in [3.63, 3.8) is 0 Å². The number of alkyl halides is 3. The van der Waals surface area contributed by atoms with Gasteiger partial charge in [-0.15, -0.1) is 0 Å².